The van der Waals surface area contributed by atoms with Crippen LogP contribution in [0.25, 0.3) is 5.69 Å². The van der Waals surface area contributed by atoms with Crippen molar-refractivity contribution in [3.05, 3.63) is 78.1 Å². The molecule has 1 N–H and O–H groups in total. The maximum atomic E-state index is 8.89. The van der Waals surface area contributed by atoms with Crippen LogP contribution in [0.5, 0.6) is 0 Å². The first-order chi connectivity index (χ1) is 10.3. The van der Waals surface area contributed by atoms with E-state index >= 15 is 0 Å². The molecule has 4 heteroatoms. The minimum absolute atomic E-state index is 0.684. The lowest BCUT2D eigenvalue weighted by atomic mass is 10.1. The first-order valence-electron chi connectivity index (χ1n) is 6.68. The summed E-state index contributed by atoms with van der Waals surface area (Å²) in [4.78, 5) is 0. The highest BCUT2D eigenvalue weighted by atomic mass is 15.3. The Kier molecular flexibility index (Phi) is 3.66. The highest BCUT2D eigenvalue weighted by Gasteiger charge is 1.98. The third kappa shape index (κ3) is 3.10. The molecule has 4 nitrogen and oxygen atoms in total. The molecule has 1 heterocycles. The van der Waals surface area contributed by atoms with Gasteiger partial charge in [0.15, 0.2) is 0 Å². The smallest absolute Gasteiger partial charge is 0.0991 e. The second-order valence-corrected chi connectivity index (χ2v) is 4.66. The Balaban J connectivity index is 1.67. The normalized spacial score (nSPS) is 10.0. The van der Waals surface area contributed by atoms with Gasteiger partial charge in [0.25, 0.3) is 0 Å². The van der Waals surface area contributed by atoms with Crippen molar-refractivity contribution in [3.63, 3.8) is 0 Å². The van der Waals surface area contributed by atoms with Gasteiger partial charge in [-0.05, 0) is 48.0 Å². The molecule has 0 atom stereocenters. The van der Waals surface area contributed by atoms with Gasteiger partial charge in [-0.3, -0.25) is 0 Å². The van der Waals surface area contributed by atoms with E-state index in [1.807, 2.05) is 65.5 Å². The summed E-state index contributed by atoms with van der Waals surface area (Å²) in [6.45, 7) is 0.691. The Hall–Kier alpha value is -3.06. The summed E-state index contributed by atoms with van der Waals surface area (Å²) in [5.74, 6) is 0. The molecule has 0 saturated carbocycles. The van der Waals surface area contributed by atoms with Crippen molar-refractivity contribution >= 4 is 5.69 Å². The first kappa shape index (κ1) is 12.9. The molecule has 21 heavy (non-hydrogen) atoms. The SMILES string of the molecule is N#Cc1cccc(CNc2ccc(-n3cccn3)cc2)c1. The van der Waals surface area contributed by atoms with E-state index in [2.05, 4.69) is 16.5 Å². The monoisotopic (exact) mass is 274 g/mol. The fraction of sp³-hybridized carbons (Fsp3) is 0.0588. The number of nitrogens with one attached hydrogen (secondary N) is 1. The third-order valence-electron chi connectivity index (χ3n) is 3.19. The van der Waals surface area contributed by atoms with Crippen LogP contribution in [0, 0.1) is 11.3 Å². The second kappa shape index (κ2) is 5.93. The Morgan fingerprint density at radius 2 is 1.95 bits per heavy atom. The molecule has 0 saturated heterocycles. The highest BCUT2D eigenvalue weighted by molar-refractivity contribution is 5.49. The molecule has 3 rings (SSSR count). The number of hydrogen-bond donors (Lipinski definition) is 1. The van der Waals surface area contributed by atoms with Gasteiger partial charge in [0.05, 0.1) is 17.3 Å². The van der Waals surface area contributed by atoms with Crippen molar-refractivity contribution in [2.45, 2.75) is 6.54 Å². The van der Waals surface area contributed by atoms with Crippen LogP contribution >= 0.6 is 0 Å². The number of nitriles is 1. The maximum Gasteiger partial charge on any atom is 0.0991 e. The predicted molar refractivity (Wildman–Crippen MR) is 82.0 cm³/mol. The zero-order chi connectivity index (χ0) is 14.5. The zero-order valence-corrected chi connectivity index (χ0v) is 11.4. The van der Waals surface area contributed by atoms with E-state index in [4.69, 9.17) is 5.26 Å². The molecule has 0 aliphatic rings. The summed E-state index contributed by atoms with van der Waals surface area (Å²) in [7, 11) is 0. The standard InChI is InChI=1S/C17H14N4/c18-12-14-3-1-4-15(11-14)13-19-16-5-7-17(8-6-16)21-10-2-9-20-21/h1-11,19H,13H2. The quantitative estimate of drug-likeness (QED) is 0.793. The van der Waals surface area contributed by atoms with Crippen LogP contribution in [0.2, 0.25) is 0 Å². The van der Waals surface area contributed by atoms with Crippen molar-refractivity contribution < 1.29 is 0 Å². The first-order valence-corrected chi connectivity index (χ1v) is 6.68. The van der Waals surface area contributed by atoms with Crippen molar-refractivity contribution in [1.82, 2.24) is 9.78 Å². The molecule has 0 fully saturated rings. The summed E-state index contributed by atoms with van der Waals surface area (Å²) >= 11 is 0. The van der Waals surface area contributed by atoms with Crippen LogP contribution in [0.3, 0.4) is 0 Å². The van der Waals surface area contributed by atoms with Gasteiger partial charge in [0, 0.05) is 24.6 Å². The summed E-state index contributed by atoms with van der Waals surface area (Å²) < 4.78 is 1.82. The Morgan fingerprint density at radius 3 is 2.67 bits per heavy atom. The lowest BCUT2D eigenvalue weighted by Gasteiger charge is -2.08. The number of aromatic nitrogens is 2. The molecule has 0 spiro atoms. The van der Waals surface area contributed by atoms with Gasteiger partial charge in [-0.1, -0.05) is 12.1 Å². The van der Waals surface area contributed by atoms with Crippen LogP contribution in [-0.4, -0.2) is 9.78 Å². The fourth-order valence-electron chi connectivity index (χ4n) is 2.11. The van der Waals surface area contributed by atoms with Crippen LogP contribution in [0.1, 0.15) is 11.1 Å². The number of anilines is 1. The van der Waals surface area contributed by atoms with E-state index in [0.29, 0.717) is 12.1 Å². The highest BCUT2D eigenvalue weighted by Crippen LogP contribution is 2.14. The van der Waals surface area contributed by atoms with Gasteiger partial charge in [0.1, 0.15) is 0 Å². The molecule has 1 aromatic heterocycles. The lowest BCUT2D eigenvalue weighted by molar-refractivity contribution is 0.880. The van der Waals surface area contributed by atoms with Gasteiger partial charge in [-0.25, -0.2) is 4.68 Å². The molecule has 0 unspecified atom stereocenters. The minimum atomic E-state index is 0.684. The lowest BCUT2D eigenvalue weighted by Crippen LogP contribution is -2.00. The number of benzene rings is 2. The van der Waals surface area contributed by atoms with Gasteiger partial charge >= 0.3 is 0 Å². The largest absolute Gasteiger partial charge is 0.381 e. The predicted octanol–water partition coefficient (Wildman–Crippen LogP) is 3.36. The van der Waals surface area contributed by atoms with Crippen LogP contribution < -0.4 is 5.32 Å². The fourth-order valence-corrected chi connectivity index (χ4v) is 2.11. The molecular formula is C17H14N4. The third-order valence-corrected chi connectivity index (χ3v) is 3.19. The average Bonchev–Trinajstić information content (AvgIpc) is 3.08. The molecule has 3 aromatic rings. The Labute approximate surface area is 123 Å². The Morgan fingerprint density at radius 1 is 1.10 bits per heavy atom. The molecule has 0 amide bonds. The van der Waals surface area contributed by atoms with Gasteiger partial charge < -0.3 is 5.32 Å². The van der Waals surface area contributed by atoms with E-state index in [1.165, 1.54) is 0 Å². The topological polar surface area (TPSA) is 53.6 Å². The van der Waals surface area contributed by atoms with E-state index in [9.17, 15) is 0 Å². The van der Waals surface area contributed by atoms with Crippen molar-refractivity contribution in [2.24, 2.45) is 0 Å². The maximum absolute atomic E-state index is 8.89. The number of hydrogen-bond acceptors (Lipinski definition) is 3. The molecule has 0 radical (unpaired) electrons. The number of nitrogens with zero attached hydrogens (tertiary/aromatic N) is 3. The molecule has 102 valence electrons. The zero-order valence-electron chi connectivity index (χ0n) is 11.4. The summed E-state index contributed by atoms with van der Waals surface area (Å²) in [6, 6.07) is 19.7. The van der Waals surface area contributed by atoms with E-state index in [-0.39, 0.29) is 0 Å². The average molecular weight is 274 g/mol. The van der Waals surface area contributed by atoms with Crippen molar-refractivity contribution in [2.75, 3.05) is 5.32 Å². The van der Waals surface area contributed by atoms with E-state index < -0.39 is 0 Å². The molecule has 0 aliphatic carbocycles. The summed E-state index contributed by atoms with van der Waals surface area (Å²) in [5, 5.41) is 16.4. The summed E-state index contributed by atoms with van der Waals surface area (Å²) in [6.07, 6.45) is 3.67. The molecule has 2 aromatic carbocycles. The molecule has 0 bridgehead atoms. The van der Waals surface area contributed by atoms with E-state index in [0.717, 1.165) is 16.9 Å². The van der Waals surface area contributed by atoms with Crippen LogP contribution in [0.4, 0.5) is 5.69 Å². The van der Waals surface area contributed by atoms with Gasteiger partial charge in [-0.2, -0.15) is 10.4 Å². The molecular weight excluding hydrogens is 260 g/mol. The van der Waals surface area contributed by atoms with Gasteiger partial charge in [0.2, 0.25) is 0 Å². The van der Waals surface area contributed by atoms with E-state index in [1.54, 1.807) is 6.20 Å². The minimum Gasteiger partial charge on any atom is -0.381 e. The Bertz CT molecular complexity index is 752. The summed E-state index contributed by atoms with van der Waals surface area (Å²) in [5.41, 5.74) is 3.83. The van der Waals surface area contributed by atoms with Gasteiger partial charge in [-0.15, -0.1) is 0 Å². The van der Waals surface area contributed by atoms with Crippen LogP contribution in [0.15, 0.2) is 67.0 Å². The van der Waals surface area contributed by atoms with Crippen molar-refractivity contribution in [3.8, 4) is 11.8 Å². The molecule has 0 aliphatic heterocycles. The van der Waals surface area contributed by atoms with Crippen molar-refractivity contribution in [1.29, 1.82) is 5.26 Å². The second-order valence-electron chi connectivity index (χ2n) is 4.66. The number of rotatable bonds is 4. The van der Waals surface area contributed by atoms with Crippen LogP contribution in [-0.2, 0) is 6.54 Å².